The Hall–Kier alpha value is -2.90. The number of H-pyrrole nitrogens is 1. The van der Waals surface area contributed by atoms with E-state index < -0.39 is 0 Å². The molecule has 0 spiro atoms. The molecule has 2 N–H and O–H groups in total. The molecular weight excluding hydrogens is 318 g/mol. The minimum atomic E-state index is -0.0434. The summed E-state index contributed by atoms with van der Waals surface area (Å²) in [6.45, 7) is 1.67. The SMILES string of the molecule is O=C(Nc1ccc2n[nH]nc2c1)N1CCCC[C@@H]1CCn1ccnc1. The van der Waals surface area contributed by atoms with Crippen molar-refractivity contribution in [1.82, 2.24) is 29.9 Å². The molecule has 2 amide bonds. The second kappa shape index (κ2) is 6.92. The maximum absolute atomic E-state index is 12.8. The minimum absolute atomic E-state index is 0.0434. The Bertz CT molecular complexity index is 842. The van der Waals surface area contributed by atoms with Crippen molar-refractivity contribution >= 4 is 22.8 Å². The number of fused-ring (bicyclic) bond motifs is 1. The number of benzene rings is 1. The molecule has 8 heteroatoms. The van der Waals surface area contributed by atoms with Gasteiger partial charge in [-0.25, -0.2) is 9.78 Å². The molecule has 0 radical (unpaired) electrons. The van der Waals surface area contributed by atoms with Crippen molar-refractivity contribution in [1.29, 1.82) is 0 Å². The van der Waals surface area contributed by atoms with E-state index in [0.29, 0.717) is 0 Å². The number of rotatable bonds is 4. The summed E-state index contributed by atoms with van der Waals surface area (Å²) in [7, 11) is 0. The molecule has 3 aromatic rings. The molecule has 1 aromatic carbocycles. The number of imidazole rings is 1. The van der Waals surface area contributed by atoms with Gasteiger partial charge < -0.3 is 14.8 Å². The lowest BCUT2D eigenvalue weighted by molar-refractivity contribution is 0.155. The molecule has 0 aliphatic carbocycles. The predicted molar refractivity (Wildman–Crippen MR) is 94.1 cm³/mol. The molecule has 3 heterocycles. The van der Waals surface area contributed by atoms with Gasteiger partial charge in [0.25, 0.3) is 0 Å². The number of nitrogens with zero attached hydrogens (tertiary/aromatic N) is 5. The number of carbonyl (C=O) groups excluding carboxylic acids is 1. The number of hydrogen-bond donors (Lipinski definition) is 2. The van der Waals surface area contributed by atoms with E-state index in [2.05, 4.69) is 30.3 Å². The number of carbonyl (C=O) groups is 1. The zero-order valence-electron chi connectivity index (χ0n) is 13.9. The molecule has 0 saturated carbocycles. The maximum atomic E-state index is 12.8. The van der Waals surface area contributed by atoms with Crippen molar-refractivity contribution in [2.45, 2.75) is 38.3 Å². The molecule has 1 atom stereocenters. The van der Waals surface area contributed by atoms with Crippen LogP contribution in [0.4, 0.5) is 10.5 Å². The van der Waals surface area contributed by atoms with Crippen LogP contribution in [0.25, 0.3) is 11.0 Å². The van der Waals surface area contributed by atoms with Crippen molar-refractivity contribution in [3.05, 3.63) is 36.9 Å². The fourth-order valence-corrected chi connectivity index (χ4v) is 3.40. The highest BCUT2D eigenvalue weighted by Crippen LogP contribution is 2.22. The summed E-state index contributed by atoms with van der Waals surface area (Å²) in [5, 5.41) is 13.7. The lowest BCUT2D eigenvalue weighted by Gasteiger charge is -2.35. The molecule has 8 nitrogen and oxygen atoms in total. The average molecular weight is 339 g/mol. The molecule has 1 aliphatic heterocycles. The van der Waals surface area contributed by atoms with Crippen LogP contribution in [-0.4, -0.2) is 48.5 Å². The van der Waals surface area contributed by atoms with Gasteiger partial charge in [-0.1, -0.05) is 0 Å². The van der Waals surface area contributed by atoms with Gasteiger partial charge in [-0.2, -0.15) is 15.4 Å². The summed E-state index contributed by atoms with van der Waals surface area (Å²) in [6.07, 6.45) is 9.77. The molecular formula is C17H21N7O. The minimum Gasteiger partial charge on any atom is -0.337 e. The highest BCUT2D eigenvalue weighted by molar-refractivity contribution is 5.92. The lowest BCUT2D eigenvalue weighted by Crippen LogP contribution is -2.46. The van der Waals surface area contributed by atoms with Crippen LogP contribution < -0.4 is 5.32 Å². The summed E-state index contributed by atoms with van der Waals surface area (Å²) in [5.74, 6) is 0. The fourth-order valence-electron chi connectivity index (χ4n) is 3.40. The third-order valence-corrected chi connectivity index (χ3v) is 4.74. The van der Waals surface area contributed by atoms with E-state index in [1.807, 2.05) is 35.6 Å². The Morgan fingerprint density at radius 1 is 1.28 bits per heavy atom. The Balaban J connectivity index is 1.42. The number of urea groups is 1. The lowest BCUT2D eigenvalue weighted by atomic mass is 9.99. The largest absolute Gasteiger partial charge is 0.337 e. The molecule has 4 rings (SSSR count). The van der Waals surface area contributed by atoms with Crippen LogP contribution in [0.2, 0.25) is 0 Å². The summed E-state index contributed by atoms with van der Waals surface area (Å²) < 4.78 is 2.06. The zero-order chi connectivity index (χ0) is 17.1. The number of hydrogen-bond acceptors (Lipinski definition) is 4. The number of aryl methyl sites for hydroxylation is 1. The van der Waals surface area contributed by atoms with Gasteiger partial charge in [-0.15, -0.1) is 0 Å². The predicted octanol–water partition coefficient (Wildman–Crippen LogP) is 2.63. The number of anilines is 1. The van der Waals surface area contributed by atoms with Crippen molar-refractivity contribution in [3.8, 4) is 0 Å². The molecule has 130 valence electrons. The van der Waals surface area contributed by atoms with Crippen LogP contribution in [0.15, 0.2) is 36.9 Å². The van der Waals surface area contributed by atoms with Crippen molar-refractivity contribution in [3.63, 3.8) is 0 Å². The number of likely N-dealkylation sites (tertiary alicyclic amines) is 1. The molecule has 1 fully saturated rings. The molecule has 25 heavy (non-hydrogen) atoms. The van der Waals surface area contributed by atoms with E-state index in [-0.39, 0.29) is 12.1 Å². The number of nitrogens with one attached hydrogen (secondary N) is 2. The fraction of sp³-hybridized carbons (Fsp3) is 0.412. The van der Waals surface area contributed by atoms with Gasteiger partial charge in [0.2, 0.25) is 0 Å². The van der Waals surface area contributed by atoms with Gasteiger partial charge in [0.05, 0.1) is 6.33 Å². The van der Waals surface area contributed by atoms with Crippen LogP contribution in [0.1, 0.15) is 25.7 Å². The standard InChI is InChI=1S/C17H21N7O/c25-17(19-13-4-5-15-16(11-13)21-22-20-15)24-8-2-1-3-14(24)6-9-23-10-7-18-12-23/h4-5,7,10-12,14H,1-3,6,8-9H2,(H,19,25)(H,20,21,22)/t14-/m1/s1. The summed E-state index contributed by atoms with van der Waals surface area (Å²) in [6, 6.07) is 5.75. The third-order valence-electron chi connectivity index (χ3n) is 4.74. The van der Waals surface area contributed by atoms with Crippen LogP contribution in [-0.2, 0) is 6.54 Å². The Kier molecular flexibility index (Phi) is 4.32. The first-order valence-corrected chi connectivity index (χ1v) is 8.63. The normalized spacial score (nSPS) is 17.8. The second-order valence-corrected chi connectivity index (χ2v) is 6.39. The Morgan fingerprint density at radius 2 is 2.20 bits per heavy atom. The molecule has 1 saturated heterocycles. The molecule has 0 bridgehead atoms. The van der Waals surface area contributed by atoms with E-state index in [4.69, 9.17) is 0 Å². The van der Waals surface area contributed by atoms with Gasteiger partial charge >= 0.3 is 6.03 Å². The first-order valence-electron chi connectivity index (χ1n) is 8.63. The van der Waals surface area contributed by atoms with E-state index in [1.54, 1.807) is 6.20 Å². The highest BCUT2D eigenvalue weighted by Gasteiger charge is 2.26. The van der Waals surface area contributed by atoms with E-state index in [0.717, 1.165) is 49.1 Å². The van der Waals surface area contributed by atoms with Crippen LogP contribution in [0, 0.1) is 0 Å². The van der Waals surface area contributed by atoms with Crippen LogP contribution in [0.5, 0.6) is 0 Å². The zero-order valence-corrected chi connectivity index (χ0v) is 13.9. The van der Waals surface area contributed by atoms with Crippen LogP contribution >= 0.6 is 0 Å². The van der Waals surface area contributed by atoms with Crippen molar-refractivity contribution < 1.29 is 4.79 Å². The first kappa shape index (κ1) is 15.6. The molecule has 1 aliphatic rings. The first-order chi connectivity index (χ1) is 12.3. The highest BCUT2D eigenvalue weighted by atomic mass is 16.2. The van der Waals surface area contributed by atoms with Gasteiger partial charge in [0, 0.05) is 37.2 Å². The van der Waals surface area contributed by atoms with Gasteiger partial charge in [-0.05, 0) is 43.9 Å². The number of piperidine rings is 1. The quantitative estimate of drug-likeness (QED) is 0.764. The van der Waals surface area contributed by atoms with E-state index >= 15 is 0 Å². The van der Waals surface area contributed by atoms with Gasteiger partial charge in [0.15, 0.2) is 0 Å². The number of aromatic nitrogens is 5. The monoisotopic (exact) mass is 339 g/mol. The second-order valence-electron chi connectivity index (χ2n) is 6.39. The van der Waals surface area contributed by atoms with Crippen molar-refractivity contribution in [2.24, 2.45) is 0 Å². The Labute approximate surface area is 145 Å². The smallest absolute Gasteiger partial charge is 0.322 e. The van der Waals surface area contributed by atoms with E-state index in [1.165, 1.54) is 6.42 Å². The van der Waals surface area contributed by atoms with Crippen molar-refractivity contribution in [2.75, 3.05) is 11.9 Å². The molecule has 0 unspecified atom stereocenters. The Morgan fingerprint density at radius 3 is 3.08 bits per heavy atom. The number of amides is 2. The summed E-state index contributed by atoms with van der Waals surface area (Å²) in [5.41, 5.74) is 2.27. The number of aromatic amines is 1. The van der Waals surface area contributed by atoms with Gasteiger partial charge in [0.1, 0.15) is 11.0 Å². The van der Waals surface area contributed by atoms with Gasteiger partial charge in [-0.3, -0.25) is 0 Å². The summed E-state index contributed by atoms with van der Waals surface area (Å²) >= 11 is 0. The van der Waals surface area contributed by atoms with Crippen LogP contribution in [0.3, 0.4) is 0 Å². The maximum Gasteiger partial charge on any atom is 0.322 e. The average Bonchev–Trinajstić information content (AvgIpc) is 3.31. The van der Waals surface area contributed by atoms with E-state index in [9.17, 15) is 4.79 Å². The third kappa shape index (κ3) is 3.47. The molecule has 2 aromatic heterocycles. The topological polar surface area (TPSA) is 91.7 Å². The summed E-state index contributed by atoms with van der Waals surface area (Å²) in [4.78, 5) is 18.8.